The first-order valence-corrected chi connectivity index (χ1v) is 11.8. The molecule has 0 spiro atoms. The van der Waals surface area contributed by atoms with Crippen molar-refractivity contribution >= 4 is 39.1 Å². The number of carbonyl (C=O) groups excluding carboxylic acids is 2. The molecular formula is C24H27N3O4S. The van der Waals surface area contributed by atoms with E-state index in [0.29, 0.717) is 26.3 Å². The Morgan fingerprint density at radius 2 is 1.91 bits per heavy atom. The zero-order valence-electron chi connectivity index (χ0n) is 18.5. The van der Waals surface area contributed by atoms with Gasteiger partial charge in [-0.05, 0) is 63.6 Å². The van der Waals surface area contributed by atoms with Crippen molar-refractivity contribution in [2.24, 2.45) is 0 Å². The number of nitrogens with zero attached hydrogens (tertiary/aromatic N) is 2. The van der Waals surface area contributed by atoms with Crippen molar-refractivity contribution < 1.29 is 14.3 Å². The highest BCUT2D eigenvalue weighted by Crippen LogP contribution is 2.30. The molecule has 168 valence electrons. The molecule has 1 N–H and O–H groups in total. The average Bonchev–Trinajstić information content (AvgIpc) is 3.13. The Morgan fingerprint density at radius 1 is 1.19 bits per heavy atom. The average molecular weight is 454 g/mol. The number of ether oxygens (including phenoxy) is 1. The highest BCUT2D eigenvalue weighted by atomic mass is 32.1. The van der Waals surface area contributed by atoms with Gasteiger partial charge in [0.1, 0.15) is 21.9 Å². The number of rotatable bonds is 5. The zero-order valence-corrected chi connectivity index (χ0v) is 19.3. The fourth-order valence-electron chi connectivity index (χ4n) is 4.07. The summed E-state index contributed by atoms with van der Waals surface area (Å²) < 4.78 is 7.00. The van der Waals surface area contributed by atoms with E-state index in [9.17, 15) is 14.4 Å². The summed E-state index contributed by atoms with van der Waals surface area (Å²) in [6.07, 6.45) is 6.39. The Labute approximate surface area is 190 Å². The molecule has 7 nitrogen and oxygen atoms in total. The van der Waals surface area contributed by atoms with Gasteiger partial charge in [-0.25, -0.2) is 9.78 Å². The van der Waals surface area contributed by atoms with E-state index in [1.807, 2.05) is 31.2 Å². The number of para-hydroxylation sites is 1. The Morgan fingerprint density at radius 3 is 2.62 bits per heavy atom. The third-order valence-corrected chi connectivity index (χ3v) is 7.27. The van der Waals surface area contributed by atoms with Crippen LogP contribution in [0.25, 0.3) is 10.2 Å². The molecule has 2 heterocycles. The van der Waals surface area contributed by atoms with E-state index in [4.69, 9.17) is 4.74 Å². The molecule has 1 fully saturated rings. The lowest BCUT2D eigenvalue weighted by Gasteiger charge is -2.21. The van der Waals surface area contributed by atoms with Crippen LogP contribution in [0.1, 0.15) is 65.9 Å². The fourth-order valence-corrected chi connectivity index (χ4v) is 5.09. The number of hydrogen-bond donors (Lipinski definition) is 1. The van der Waals surface area contributed by atoms with Gasteiger partial charge in [0.25, 0.3) is 5.56 Å². The van der Waals surface area contributed by atoms with Crippen LogP contribution in [0.2, 0.25) is 0 Å². The molecule has 0 bridgehead atoms. The van der Waals surface area contributed by atoms with Crippen LogP contribution in [0.15, 0.2) is 35.4 Å². The van der Waals surface area contributed by atoms with Gasteiger partial charge in [0, 0.05) is 5.69 Å². The first-order chi connectivity index (χ1) is 15.4. The number of thiophene rings is 1. The van der Waals surface area contributed by atoms with Crippen LogP contribution in [0, 0.1) is 13.8 Å². The van der Waals surface area contributed by atoms with Gasteiger partial charge in [-0.3, -0.25) is 14.2 Å². The quantitative estimate of drug-likeness (QED) is 0.562. The second-order valence-corrected chi connectivity index (χ2v) is 9.34. The Kier molecular flexibility index (Phi) is 6.41. The zero-order chi connectivity index (χ0) is 22.8. The number of benzene rings is 1. The molecule has 1 aliphatic carbocycles. The molecule has 0 saturated heterocycles. The molecule has 1 aromatic carbocycles. The predicted molar refractivity (Wildman–Crippen MR) is 125 cm³/mol. The summed E-state index contributed by atoms with van der Waals surface area (Å²) in [7, 11) is 0. The molecule has 1 unspecified atom stereocenters. The predicted octanol–water partition coefficient (Wildman–Crippen LogP) is 4.76. The van der Waals surface area contributed by atoms with Crippen molar-refractivity contribution in [1.29, 1.82) is 0 Å². The highest BCUT2D eigenvalue weighted by Gasteiger charge is 2.26. The summed E-state index contributed by atoms with van der Waals surface area (Å²) in [5.41, 5.74) is 1.85. The number of esters is 1. The molecule has 32 heavy (non-hydrogen) atoms. The molecule has 0 radical (unpaired) electrons. The molecule has 4 rings (SSSR count). The van der Waals surface area contributed by atoms with Gasteiger partial charge >= 0.3 is 5.97 Å². The summed E-state index contributed by atoms with van der Waals surface area (Å²) in [5, 5.41) is 3.23. The number of fused-ring (bicyclic) bond motifs is 1. The lowest BCUT2D eigenvalue weighted by molar-refractivity contribution is -0.118. The van der Waals surface area contributed by atoms with Crippen LogP contribution in [-0.2, 0) is 9.53 Å². The minimum absolute atomic E-state index is 0.0596. The van der Waals surface area contributed by atoms with Crippen molar-refractivity contribution in [2.75, 3.05) is 5.32 Å². The van der Waals surface area contributed by atoms with Crippen LogP contribution >= 0.6 is 11.3 Å². The normalized spacial score (nSPS) is 15.5. The molecule has 3 aromatic rings. The summed E-state index contributed by atoms with van der Waals surface area (Å²) in [4.78, 5) is 44.1. The van der Waals surface area contributed by atoms with Crippen molar-refractivity contribution in [3.8, 4) is 0 Å². The van der Waals surface area contributed by atoms with Gasteiger partial charge in [-0.15, -0.1) is 11.3 Å². The van der Waals surface area contributed by atoms with Crippen molar-refractivity contribution in [2.45, 2.75) is 65.0 Å². The van der Waals surface area contributed by atoms with E-state index in [0.717, 1.165) is 31.2 Å². The topological polar surface area (TPSA) is 90.3 Å². The number of hydrogen-bond acceptors (Lipinski definition) is 6. The number of amides is 1. The van der Waals surface area contributed by atoms with Gasteiger partial charge in [0.2, 0.25) is 5.91 Å². The Balaban J connectivity index is 1.60. The number of nitrogens with one attached hydrogen (secondary N) is 1. The van der Waals surface area contributed by atoms with Crippen molar-refractivity contribution in [1.82, 2.24) is 9.55 Å². The molecule has 1 atom stereocenters. The van der Waals surface area contributed by atoms with Crippen LogP contribution in [0.5, 0.6) is 0 Å². The lowest BCUT2D eigenvalue weighted by Crippen LogP contribution is -2.32. The van der Waals surface area contributed by atoms with Gasteiger partial charge in [0.05, 0.1) is 11.7 Å². The monoisotopic (exact) mass is 453 g/mol. The summed E-state index contributed by atoms with van der Waals surface area (Å²) in [5.74, 6) is -0.707. The third-order valence-electron chi connectivity index (χ3n) is 6.09. The minimum atomic E-state index is -0.768. The Bertz CT molecular complexity index is 1220. The van der Waals surface area contributed by atoms with Crippen LogP contribution in [0.3, 0.4) is 0 Å². The van der Waals surface area contributed by atoms with Gasteiger partial charge in [0.15, 0.2) is 0 Å². The summed E-state index contributed by atoms with van der Waals surface area (Å²) >= 11 is 1.17. The van der Waals surface area contributed by atoms with Gasteiger partial charge in [-0.2, -0.15) is 0 Å². The van der Waals surface area contributed by atoms with Crippen molar-refractivity contribution in [3.63, 3.8) is 0 Å². The van der Waals surface area contributed by atoms with Crippen molar-refractivity contribution in [3.05, 3.63) is 57.0 Å². The maximum atomic E-state index is 13.2. The Hall–Kier alpha value is -3.00. The smallest absolute Gasteiger partial charge is 0.348 e. The molecule has 2 aromatic heterocycles. The molecule has 1 aliphatic rings. The third kappa shape index (κ3) is 4.32. The lowest BCUT2D eigenvalue weighted by atomic mass is 9.98. The van der Waals surface area contributed by atoms with Crippen LogP contribution in [-0.4, -0.2) is 27.5 Å². The number of aryl methyl sites for hydroxylation is 2. The SMILES string of the molecule is Cc1ccccc1NC(=O)C(C)n1cnc2sc(C(=O)OC3CCCCC3)c(C)c2c1=O. The molecule has 8 heteroatoms. The number of aromatic nitrogens is 2. The maximum absolute atomic E-state index is 13.2. The second-order valence-electron chi connectivity index (χ2n) is 8.34. The number of anilines is 1. The first-order valence-electron chi connectivity index (χ1n) is 10.9. The first kappa shape index (κ1) is 22.2. The van der Waals surface area contributed by atoms with E-state index >= 15 is 0 Å². The van der Waals surface area contributed by atoms with E-state index in [-0.39, 0.29) is 17.6 Å². The largest absolute Gasteiger partial charge is 0.458 e. The number of carbonyl (C=O) groups is 2. The second kappa shape index (κ2) is 9.24. The van der Waals surface area contributed by atoms with Crippen LogP contribution < -0.4 is 10.9 Å². The standard InChI is InChI=1S/C24H27N3O4S/c1-14-9-7-8-12-18(14)26-21(28)16(3)27-13-25-22-19(23(27)29)15(2)20(32-22)24(30)31-17-10-5-4-6-11-17/h7-9,12-13,16-17H,4-6,10-11H2,1-3H3,(H,26,28). The minimum Gasteiger partial charge on any atom is -0.458 e. The molecule has 1 saturated carbocycles. The maximum Gasteiger partial charge on any atom is 0.348 e. The van der Waals surface area contributed by atoms with E-state index in [1.54, 1.807) is 13.8 Å². The van der Waals surface area contributed by atoms with Crippen LogP contribution in [0.4, 0.5) is 5.69 Å². The molecule has 0 aliphatic heterocycles. The highest BCUT2D eigenvalue weighted by molar-refractivity contribution is 7.20. The van der Waals surface area contributed by atoms with Gasteiger partial charge in [-0.1, -0.05) is 24.6 Å². The van der Waals surface area contributed by atoms with E-state index in [1.165, 1.54) is 28.7 Å². The fraction of sp³-hybridized carbons (Fsp3) is 0.417. The van der Waals surface area contributed by atoms with E-state index < -0.39 is 12.0 Å². The molecule has 1 amide bonds. The van der Waals surface area contributed by atoms with E-state index in [2.05, 4.69) is 10.3 Å². The summed E-state index contributed by atoms with van der Waals surface area (Å²) in [6.45, 7) is 5.30. The molecular weight excluding hydrogens is 426 g/mol. The van der Waals surface area contributed by atoms with Gasteiger partial charge < -0.3 is 10.1 Å². The summed E-state index contributed by atoms with van der Waals surface area (Å²) in [6, 6.07) is 6.69.